The van der Waals surface area contributed by atoms with Gasteiger partial charge in [-0.1, -0.05) is 31.9 Å². The van der Waals surface area contributed by atoms with Gasteiger partial charge >= 0.3 is 0 Å². The van der Waals surface area contributed by atoms with Crippen LogP contribution >= 0.6 is 31.9 Å². The quantitative estimate of drug-likeness (QED) is 0.781. The van der Waals surface area contributed by atoms with Gasteiger partial charge in [0.25, 0.3) is 0 Å². The first-order valence-electron chi connectivity index (χ1n) is 5.04. The zero-order valence-corrected chi connectivity index (χ0v) is 11.2. The van der Waals surface area contributed by atoms with Gasteiger partial charge < -0.3 is 10.2 Å². The van der Waals surface area contributed by atoms with Crippen molar-refractivity contribution in [2.45, 2.75) is 24.9 Å². The van der Waals surface area contributed by atoms with E-state index in [0.29, 0.717) is 12.1 Å². The van der Waals surface area contributed by atoms with Crippen LogP contribution in [-0.4, -0.2) is 46.7 Å². The van der Waals surface area contributed by atoms with E-state index in [9.17, 15) is 0 Å². The van der Waals surface area contributed by atoms with Gasteiger partial charge in [-0.25, -0.2) is 4.99 Å². The van der Waals surface area contributed by atoms with Crippen LogP contribution in [0.15, 0.2) is 4.99 Å². The summed E-state index contributed by atoms with van der Waals surface area (Å²) in [5.74, 6) is 1.11. The third-order valence-corrected chi connectivity index (χ3v) is 4.31. The first kappa shape index (κ1) is 10.7. The number of fused-ring (bicyclic) bond motifs is 1. The van der Waals surface area contributed by atoms with Crippen molar-refractivity contribution in [3.63, 3.8) is 0 Å². The van der Waals surface area contributed by atoms with Gasteiger partial charge in [-0.2, -0.15) is 0 Å². The summed E-state index contributed by atoms with van der Waals surface area (Å²) in [5.41, 5.74) is 0. The number of rotatable bonds is 2. The molecule has 0 bridgehead atoms. The molecule has 0 radical (unpaired) electrons. The number of alkyl halides is 2. The molecule has 1 saturated heterocycles. The summed E-state index contributed by atoms with van der Waals surface area (Å²) in [6.45, 7) is 2.30. The highest BCUT2D eigenvalue weighted by Gasteiger charge is 2.26. The molecular formula is C9H15Br2N3. The molecular weight excluding hydrogens is 310 g/mol. The van der Waals surface area contributed by atoms with E-state index in [-0.39, 0.29) is 0 Å². The molecule has 1 fully saturated rings. The molecule has 0 spiro atoms. The summed E-state index contributed by atoms with van der Waals surface area (Å²) < 4.78 is 0. The maximum Gasteiger partial charge on any atom is 0.194 e. The number of nitrogens with zero attached hydrogens (tertiary/aromatic N) is 2. The Morgan fingerprint density at radius 3 is 2.79 bits per heavy atom. The lowest BCUT2D eigenvalue weighted by Gasteiger charge is -2.39. The van der Waals surface area contributed by atoms with Crippen molar-refractivity contribution >= 4 is 37.8 Å². The smallest absolute Gasteiger partial charge is 0.194 e. The average Bonchev–Trinajstić information content (AvgIpc) is 2.27. The van der Waals surface area contributed by atoms with Crippen molar-refractivity contribution in [3.05, 3.63) is 0 Å². The molecule has 0 saturated carbocycles. The number of hydrogen-bond donors (Lipinski definition) is 1. The molecule has 1 N–H and O–H groups in total. The van der Waals surface area contributed by atoms with Crippen LogP contribution in [0, 0.1) is 0 Å². The summed E-state index contributed by atoms with van der Waals surface area (Å²) >= 11 is 7.01. The lowest BCUT2D eigenvalue weighted by atomic mass is 10.1. The lowest BCUT2D eigenvalue weighted by molar-refractivity contribution is 0.306. The van der Waals surface area contributed by atoms with E-state index in [1.807, 2.05) is 0 Å². The summed E-state index contributed by atoms with van der Waals surface area (Å²) in [4.78, 5) is 7.04. The van der Waals surface area contributed by atoms with Crippen LogP contribution < -0.4 is 5.32 Å². The van der Waals surface area contributed by atoms with E-state index < -0.39 is 0 Å². The summed E-state index contributed by atoms with van der Waals surface area (Å²) in [5, 5.41) is 5.47. The minimum Gasteiger partial charge on any atom is -0.353 e. The molecule has 0 amide bonds. The normalized spacial score (nSPS) is 31.9. The summed E-state index contributed by atoms with van der Waals surface area (Å²) in [6.07, 6.45) is 2.39. The molecule has 14 heavy (non-hydrogen) atoms. The Bertz CT molecular complexity index is 232. The molecule has 0 aromatic rings. The predicted molar refractivity (Wildman–Crippen MR) is 66.5 cm³/mol. The highest BCUT2D eigenvalue weighted by molar-refractivity contribution is 9.09. The van der Waals surface area contributed by atoms with Crippen LogP contribution in [0.4, 0.5) is 0 Å². The molecule has 0 aromatic carbocycles. The van der Waals surface area contributed by atoms with Gasteiger partial charge in [-0.05, 0) is 12.8 Å². The van der Waals surface area contributed by atoms with Crippen molar-refractivity contribution < 1.29 is 0 Å². The zero-order valence-electron chi connectivity index (χ0n) is 8.05. The van der Waals surface area contributed by atoms with Crippen LogP contribution in [-0.2, 0) is 0 Å². The van der Waals surface area contributed by atoms with Crippen LogP contribution in [0.1, 0.15) is 12.8 Å². The maximum atomic E-state index is 4.68. The van der Waals surface area contributed by atoms with Crippen LogP contribution in [0.3, 0.4) is 0 Å². The minimum atomic E-state index is 0.461. The van der Waals surface area contributed by atoms with Crippen LogP contribution in [0.5, 0.6) is 0 Å². The van der Waals surface area contributed by atoms with Crippen molar-refractivity contribution in [1.29, 1.82) is 0 Å². The van der Waals surface area contributed by atoms with Gasteiger partial charge in [0.2, 0.25) is 0 Å². The van der Waals surface area contributed by atoms with Crippen molar-refractivity contribution in [2.75, 3.05) is 23.7 Å². The molecule has 2 rings (SSSR count). The predicted octanol–water partition coefficient (Wildman–Crippen LogP) is 1.57. The maximum absolute atomic E-state index is 4.68. The van der Waals surface area contributed by atoms with E-state index in [0.717, 1.165) is 29.7 Å². The molecule has 0 unspecified atom stereocenters. The first-order valence-corrected chi connectivity index (χ1v) is 7.29. The fourth-order valence-electron chi connectivity index (χ4n) is 1.87. The van der Waals surface area contributed by atoms with Crippen molar-refractivity contribution in [2.24, 2.45) is 4.99 Å². The Morgan fingerprint density at radius 2 is 2.07 bits per heavy atom. The minimum absolute atomic E-state index is 0.461. The average molecular weight is 325 g/mol. The molecule has 5 heteroatoms. The summed E-state index contributed by atoms with van der Waals surface area (Å²) in [6, 6.07) is 1.02. The van der Waals surface area contributed by atoms with Gasteiger partial charge in [-0.3, -0.25) is 0 Å². The van der Waals surface area contributed by atoms with E-state index in [4.69, 9.17) is 0 Å². The Labute approximate surface area is 102 Å². The third kappa shape index (κ3) is 2.24. The Balaban J connectivity index is 2.04. The summed E-state index contributed by atoms with van der Waals surface area (Å²) in [7, 11) is 0. The van der Waals surface area contributed by atoms with Crippen molar-refractivity contribution in [1.82, 2.24) is 10.2 Å². The molecule has 0 aliphatic carbocycles. The number of guanidine groups is 1. The highest BCUT2D eigenvalue weighted by Crippen LogP contribution is 2.16. The van der Waals surface area contributed by atoms with Gasteiger partial charge in [0.1, 0.15) is 0 Å². The molecule has 0 aromatic heterocycles. The fraction of sp³-hybridized carbons (Fsp3) is 0.889. The number of hydrogen-bond acceptors (Lipinski definition) is 3. The second kappa shape index (κ2) is 4.84. The number of nitrogens with one attached hydrogen (secondary N) is 1. The first-order chi connectivity index (χ1) is 6.83. The molecule has 3 nitrogen and oxygen atoms in total. The Hall–Kier alpha value is 0.230. The van der Waals surface area contributed by atoms with Crippen LogP contribution in [0.25, 0.3) is 0 Å². The molecule has 2 heterocycles. The van der Waals surface area contributed by atoms with Crippen molar-refractivity contribution in [3.8, 4) is 0 Å². The van der Waals surface area contributed by atoms with E-state index >= 15 is 0 Å². The van der Waals surface area contributed by atoms with E-state index in [1.54, 1.807) is 0 Å². The van der Waals surface area contributed by atoms with E-state index in [1.165, 1.54) is 12.8 Å². The highest BCUT2D eigenvalue weighted by atomic mass is 79.9. The Morgan fingerprint density at radius 1 is 1.29 bits per heavy atom. The van der Waals surface area contributed by atoms with Gasteiger partial charge in [-0.15, -0.1) is 0 Å². The van der Waals surface area contributed by atoms with Crippen LogP contribution in [0.2, 0.25) is 0 Å². The zero-order chi connectivity index (χ0) is 9.97. The molecule has 80 valence electrons. The van der Waals surface area contributed by atoms with Gasteiger partial charge in [0.15, 0.2) is 5.96 Å². The number of aliphatic imine (C=N–C) groups is 1. The second-order valence-electron chi connectivity index (χ2n) is 3.82. The van der Waals surface area contributed by atoms with Gasteiger partial charge in [0, 0.05) is 29.8 Å². The van der Waals surface area contributed by atoms with E-state index in [2.05, 4.69) is 47.1 Å². The topological polar surface area (TPSA) is 27.6 Å². The standard InChI is InChI=1S/C9H15Br2N3/c10-5-7-1-3-14-4-2-8(6-11)13-9(14)12-7/h7-8H,1-6H2,(H,12,13)/t7-,8-/m1/s1. The second-order valence-corrected chi connectivity index (χ2v) is 5.12. The number of halogens is 2. The largest absolute Gasteiger partial charge is 0.353 e. The van der Waals surface area contributed by atoms with Gasteiger partial charge in [0.05, 0.1) is 6.04 Å². The monoisotopic (exact) mass is 323 g/mol. The SMILES string of the molecule is BrC[C@H]1CCN2CC[C@H](CBr)NC2=N1. The third-order valence-electron chi connectivity index (χ3n) is 2.78. The lowest BCUT2D eigenvalue weighted by Crippen LogP contribution is -2.56. The molecule has 2 atom stereocenters. The molecule has 2 aliphatic heterocycles. The fourth-order valence-corrected chi connectivity index (χ4v) is 2.82. The molecule has 2 aliphatic rings. The Kier molecular flexibility index (Phi) is 3.71.